The molecule has 0 bridgehead atoms. The molecule has 1 atom stereocenters. The molecule has 0 aromatic carbocycles. The second kappa shape index (κ2) is 6.80. The molecule has 0 aliphatic carbocycles. The first-order valence-electron chi connectivity index (χ1n) is 5.48. The van der Waals surface area contributed by atoms with Crippen LogP contribution in [0.1, 0.15) is 6.42 Å². The van der Waals surface area contributed by atoms with Crippen LogP contribution >= 0.6 is 0 Å². The van der Waals surface area contributed by atoms with E-state index in [1.165, 1.54) is 0 Å². The van der Waals surface area contributed by atoms with Crippen molar-refractivity contribution >= 4 is 5.91 Å². The monoisotopic (exact) mass is 231 g/mol. The number of primary amides is 1. The Hall–Kier alpha value is -0.690. The Bertz CT molecular complexity index is 215. The third-order valence-corrected chi connectivity index (χ3v) is 2.86. The van der Waals surface area contributed by atoms with Gasteiger partial charge in [0.15, 0.2) is 6.29 Å². The van der Waals surface area contributed by atoms with Crippen LogP contribution < -0.4 is 11.1 Å². The van der Waals surface area contributed by atoms with Gasteiger partial charge in [0.05, 0.1) is 6.04 Å². The molecule has 94 valence electrons. The van der Waals surface area contributed by atoms with Gasteiger partial charge in [0.1, 0.15) is 0 Å². The topological polar surface area (TPSA) is 76.8 Å². The van der Waals surface area contributed by atoms with E-state index in [2.05, 4.69) is 10.2 Å². The van der Waals surface area contributed by atoms with Crippen LogP contribution in [0.15, 0.2) is 0 Å². The zero-order chi connectivity index (χ0) is 12.0. The van der Waals surface area contributed by atoms with Gasteiger partial charge in [0.2, 0.25) is 5.91 Å². The predicted octanol–water partition coefficient (Wildman–Crippen LogP) is -1.25. The highest BCUT2D eigenvalue weighted by atomic mass is 16.7. The summed E-state index contributed by atoms with van der Waals surface area (Å²) in [7, 11) is 3.12. The number of piperazine rings is 1. The Morgan fingerprint density at radius 1 is 1.38 bits per heavy atom. The standard InChI is InChI=1S/C10H21N3O3/c1-15-9(16-2)7-8(10(11)14)13-5-3-12-4-6-13/h8-9,12H,3-7H2,1-2H3,(H2,11,14). The SMILES string of the molecule is COC(CC(C(N)=O)N1CCNCC1)OC. The number of carbonyl (C=O) groups excluding carboxylic acids is 1. The van der Waals surface area contributed by atoms with Gasteiger partial charge in [-0.2, -0.15) is 0 Å². The van der Waals surface area contributed by atoms with Crippen molar-refractivity contribution in [3.05, 3.63) is 0 Å². The zero-order valence-electron chi connectivity index (χ0n) is 9.94. The molecule has 0 saturated carbocycles. The summed E-state index contributed by atoms with van der Waals surface area (Å²) in [5.41, 5.74) is 5.41. The normalized spacial score (nSPS) is 19.9. The molecular formula is C10H21N3O3. The fourth-order valence-corrected chi connectivity index (χ4v) is 1.91. The number of nitrogens with one attached hydrogen (secondary N) is 1. The van der Waals surface area contributed by atoms with E-state index >= 15 is 0 Å². The van der Waals surface area contributed by atoms with Crippen molar-refractivity contribution < 1.29 is 14.3 Å². The lowest BCUT2D eigenvalue weighted by Crippen LogP contribution is -2.54. The molecule has 1 rings (SSSR count). The average molecular weight is 231 g/mol. The molecule has 3 N–H and O–H groups in total. The van der Waals surface area contributed by atoms with Crippen LogP contribution in [-0.2, 0) is 14.3 Å². The fraction of sp³-hybridized carbons (Fsp3) is 0.900. The quantitative estimate of drug-likeness (QED) is 0.559. The van der Waals surface area contributed by atoms with Crippen LogP contribution in [-0.4, -0.2) is 63.5 Å². The second-order valence-electron chi connectivity index (χ2n) is 3.84. The lowest BCUT2D eigenvalue weighted by Gasteiger charge is -2.34. The Morgan fingerprint density at radius 2 is 1.94 bits per heavy atom. The first-order valence-corrected chi connectivity index (χ1v) is 5.48. The first kappa shape index (κ1) is 13.4. The molecule has 0 aromatic rings. The number of carbonyl (C=O) groups is 1. The lowest BCUT2D eigenvalue weighted by atomic mass is 10.1. The predicted molar refractivity (Wildman–Crippen MR) is 59.8 cm³/mol. The van der Waals surface area contributed by atoms with Gasteiger partial charge in [0, 0.05) is 46.8 Å². The van der Waals surface area contributed by atoms with E-state index < -0.39 is 0 Å². The maximum atomic E-state index is 11.4. The number of hydrogen-bond donors (Lipinski definition) is 2. The number of amides is 1. The molecular weight excluding hydrogens is 210 g/mol. The maximum absolute atomic E-state index is 11.4. The van der Waals surface area contributed by atoms with Gasteiger partial charge in [-0.3, -0.25) is 9.69 Å². The van der Waals surface area contributed by atoms with Crippen LogP contribution in [0.5, 0.6) is 0 Å². The molecule has 0 radical (unpaired) electrons. The van der Waals surface area contributed by atoms with Crippen molar-refractivity contribution in [2.24, 2.45) is 5.73 Å². The number of nitrogens with two attached hydrogens (primary N) is 1. The number of rotatable bonds is 6. The molecule has 1 aliphatic heterocycles. The summed E-state index contributed by atoms with van der Waals surface area (Å²) >= 11 is 0. The minimum atomic E-state index is -0.382. The molecule has 0 aromatic heterocycles. The van der Waals surface area contributed by atoms with E-state index in [4.69, 9.17) is 15.2 Å². The molecule has 6 nitrogen and oxygen atoms in total. The summed E-state index contributed by atoms with van der Waals surface area (Å²) in [5, 5.41) is 3.23. The van der Waals surface area contributed by atoms with Crippen LogP contribution in [0.2, 0.25) is 0 Å². The van der Waals surface area contributed by atoms with Crippen LogP contribution in [0.25, 0.3) is 0 Å². The zero-order valence-corrected chi connectivity index (χ0v) is 9.94. The summed E-state index contributed by atoms with van der Waals surface area (Å²) in [6, 6.07) is -0.313. The van der Waals surface area contributed by atoms with E-state index in [1.54, 1.807) is 14.2 Å². The van der Waals surface area contributed by atoms with Gasteiger partial charge >= 0.3 is 0 Å². The molecule has 0 spiro atoms. The van der Waals surface area contributed by atoms with Gasteiger partial charge < -0.3 is 20.5 Å². The second-order valence-corrected chi connectivity index (χ2v) is 3.84. The molecule has 1 aliphatic rings. The fourth-order valence-electron chi connectivity index (χ4n) is 1.91. The number of ether oxygens (including phenoxy) is 2. The third kappa shape index (κ3) is 3.71. The minimum absolute atomic E-state index is 0.313. The number of hydrogen-bond acceptors (Lipinski definition) is 5. The van der Waals surface area contributed by atoms with Crippen LogP contribution in [0.4, 0.5) is 0 Å². The molecule has 6 heteroatoms. The largest absolute Gasteiger partial charge is 0.368 e. The minimum Gasteiger partial charge on any atom is -0.368 e. The molecule has 1 heterocycles. The highest BCUT2D eigenvalue weighted by Gasteiger charge is 2.28. The van der Waals surface area contributed by atoms with Crippen molar-refractivity contribution in [3.8, 4) is 0 Å². The molecule has 1 amide bonds. The smallest absolute Gasteiger partial charge is 0.234 e. The van der Waals surface area contributed by atoms with Gasteiger partial charge in [0.25, 0.3) is 0 Å². The van der Waals surface area contributed by atoms with Crippen molar-refractivity contribution in [3.63, 3.8) is 0 Å². The average Bonchev–Trinajstić information content (AvgIpc) is 2.31. The van der Waals surface area contributed by atoms with E-state index in [9.17, 15) is 4.79 Å². The van der Waals surface area contributed by atoms with Crippen molar-refractivity contribution in [1.82, 2.24) is 10.2 Å². The highest BCUT2D eigenvalue weighted by molar-refractivity contribution is 5.79. The third-order valence-electron chi connectivity index (χ3n) is 2.86. The van der Waals surface area contributed by atoms with Gasteiger partial charge in [-0.05, 0) is 0 Å². The number of nitrogens with zero attached hydrogens (tertiary/aromatic N) is 1. The van der Waals surface area contributed by atoms with Gasteiger partial charge in [-0.25, -0.2) is 0 Å². The molecule has 1 unspecified atom stereocenters. The maximum Gasteiger partial charge on any atom is 0.234 e. The van der Waals surface area contributed by atoms with Crippen molar-refractivity contribution in [2.45, 2.75) is 18.8 Å². The summed E-state index contributed by atoms with van der Waals surface area (Å²) in [4.78, 5) is 13.5. The summed E-state index contributed by atoms with van der Waals surface area (Å²) < 4.78 is 10.2. The van der Waals surface area contributed by atoms with Crippen LogP contribution in [0.3, 0.4) is 0 Å². The lowest BCUT2D eigenvalue weighted by molar-refractivity contribution is -0.137. The Balaban J connectivity index is 2.55. The summed E-state index contributed by atoms with van der Waals surface area (Å²) in [6.07, 6.45) is 0.0925. The first-order chi connectivity index (χ1) is 7.69. The van der Waals surface area contributed by atoms with E-state index in [0.717, 1.165) is 26.2 Å². The Kier molecular flexibility index (Phi) is 5.68. The van der Waals surface area contributed by atoms with E-state index in [-0.39, 0.29) is 18.2 Å². The Labute approximate surface area is 96.1 Å². The highest BCUT2D eigenvalue weighted by Crippen LogP contribution is 2.10. The molecule has 1 fully saturated rings. The van der Waals surface area contributed by atoms with Crippen LogP contribution in [0, 0.1) is 0 Å². The number of methoxy groups -OCH3 is 2. The van der Waals surface area contributed by atoms with Crippen molar-refractivity contribution in [1.29, 1.82) is 0 Å². The summed E-state index contributed by atoms with van der Waals surface area (Å²) in [6.45, 7) is 3.42. The Morgan fingerprint density at radius 3 is 2.38 bits per heavy atom. The summed E-state index contributed by atoms with van der Waals surface area (Å²) in [5.74, 6) is -0.319. The van der Waals surface area contributed by atoms with Crippen molar-refractivity contribution in [2.75, 3.05) is 40.4 Å². The van der Waals surface area contributed by atoms with E-state index in [1.807, 2.05) is 0 Å². The molecule has 1 saturated heterocycles. The van der Waals surface area contributed by atoms with Gasteiger partial charge in [-0.1, -0.05) is 0 Å². The van der Waals surface area contributed by atoms with E-state index in [0.29, 0.717) is 6.42 Å². The van der Waals surface area contributed by atoms with Gasteiger partial charge in [-0.15, -0.1) is 0 Å². The molecule has 16 heavy (non-hydrogen) atoms.